The molecule has 1 amide bonds. The average Bonchev–Trinajstić information content (AvgIpc) is 3.11. The van der Waals surface area contributed by atoms with Gasteiger partial charge in [0.05, 0.1) is 11.0 Å². The molecule has 9 nitrogen and oxygen atoms in total. The first-order valence-corrected chi connectivity index (χ1v) is 8.03. The number of piperazine rings is 1. The highest BCUT2D eigenvalue weighted by atomic mass is 16.6. The number of nitro groups is 1. The predicted octanol–water partition coefficient (Wildman–Crippen LogP) is 1.87. The minimum absolute atomic E-state index is 0.0141. The van der Waals surface area contributed by atoms with Gasteiger partial charge in [0.2, 0.25) is 17.7 Å². The summed E-state index contributed by atoms with van der Waals surface area (Å²) in [6.07, 6.45) is 0. The van der Waals surface area contributed by atoms with E-state index in [4.69, 9.17) is 4.42 Å². The van der Waals surface area contributed by atoms with Gasteiger partial charge in [-0.15, -0.1) is 10.2 Å². The Bertz CT molecular complexity index is 765. The van der Waals surface area contributed by atoms with Crippen LogP contribution in [-0.2, 0) is 4.79 Å². The first kappa shape index (κ1) is 17.0. The van der Waals surface area contributed by atoms with Gasteiger partial charge in [0.15, 0.2) is 0 Å². The molecular weight excluding hydrogens is 326 g/mol. The summed E-state index contributed by atoms with van der Waals surface area (Å²) in [5.74, 6) is 0.911. The van der Waals surface area contributed by atoms with E-state index in [0.29, 0.717) is 30.4 Å². The summed E-state index contributed by atoms with van der Waals surface area (Å²) in [6.45, 7) is 6.42. The van der Waals surface area contributed by atoms with Crippen molar-refractivity contribution in [2.45, 2.75) is 19.9 Å². The minimum atomic E-state index is -0.453. The van der Waals surface area contributed by atoms with Crippen LogP contribution in [0.1, 0.15) is 25.8 Å². The molecule has 2 heterocycles. The largest absolute Gasteiger partial charge is 0.419 e. The molecule has 1 aromatic carbocycles. The van der Waals surface area contributed by atoms with E-state index in [9.17, 15) is 14.9 Å². The summed E-state index contributed by atoms with van der Waals surface area (Å²) >= 11 is 0. The molecule has 0 spiro atoms. The van der Waals surface area contributed by atoms with Gasteiger partial charge in [-0.1, -0.05) is 0 Å². The van der Waals surface area contributed by atoms with Crippen LogP contribution in [0, 0.1) is 10.1 Å². The predicted molar refractivity (Wildman–Crippen MR) is 88.6 cm³/mol. The van der Waals surface area contributed by atoms with Crippen LogP contribution < -0.4 is 0 Å². The van der Waals surface area contributed by atoms with Crippen LogP contribution in [0.5, 0.6) is 0 Å². The van der Waals surface area contributed by atoms with Crippen molar-refractivity contribution in [1.29, 1.82) is 0 Å². The third kappa shape index (κ3) is 3.66. The van der Waals surface area contributed by atoms with Gasteiger partial charge < -0.3 is 9.32 Å². The maximum atomic E-state index is 11.4. The van der Waals surface area contributed by atoms with E-state index < -0.39 is 4.92 Å². The Kier molecular flexibility index (Phi) is 4.75. The lowest BCUT2D eigenvalue weighted by atomic mass is 10.2. The molecule has 0 saturated carbocycles. The van der Waals surface area contributed by atoms with Crippen molar-refractivity contribution < 1.29 is 14.1 Å². The van der Waals surface area contributed by atoms with Crippen molar-refractivity contribution in [1.82, 2.24) is 20.0 Å². The van der Waals surface area contributed by atoms with Crippen molar-refractivity contribution in [2.75, 3.05) is 26.2 Å². The number of amides is 1. The van der Waals surface area contributed by atoms with Gasteiger partial charge >= 0.3 is 0 Å². The van der Waals surface area contributed by atoms with E-state index >= 15 is 0 Å². The number of benzene rings is 1. The van der Waals surface area contributed by atoms with Gasteiger partial charge in [-0.3, -0.25) is 19.8 Å². The van der Waals surface area contributed by atoms with Crippen molar-refractivity contribution in [3.05, 3.63) is 40.3 Å². The van der Waals surface area contributed by atoms with Gasteiger partial charge in [0, 0.05) is 50.8 Å². The highest BCUT2D eigenvalue weighted by Gasteiger charge is 2.26. The summed E-state index contributed by atoms with van der Waals surface area (Å²) in [5.41, 5.74) is 0.651. The van der Waals surface area contributed by atoms with E-state index in [-0.39, 0.29) is 17.6 Å². The third-order valence-electron chi connectivity index (χ3n) is 4.43. The Balaban J connectivity index is 1.68. The molecule has 25 heavy (non-hydrogen) atoms. The van der Waals surface area contributed by atoms with Crippen LogP contribution in [-0.4, -0.2) is 57.0 Å². The molecule has 1 aliphatic heterocycles. The second kappa shape index (κ2) is 6.98. The second-order valence-electron chi connectivity index (χ2n) is 5.97. The fourth-order valence-corrected chi connectivity index (χ4v) is 2.83. The first-order valence-electron chi connectivity index (χ1n) is 8.03. The average molecular weight is 345 g/mol. The number of aromatic nitrogens is 2. The van der Waals surface area contributed by atoms with E-state index in [2.05, 4.69) is 15.1 Å². The molecule has 1 atom stereocenters. The van der Waals surface area contributed by atoms with E-state index in [0.717, 1.165) is 13.1 Å². The number of non-ortho nitro benzene ring substituents is 1. The number of nitro benzene ring substituents is 1. The summed E-state index contributed by atoms with van der Waals surface area (Å²) in [4.78, 5) is 25.7. The zero-order valence-electron chi connectivity index (χ0n) is 14.1. The fraction of sp³-hybridized carbons (Fsp3) is 0.438. The molecule has 0 N–H and O–H groups in total. The number of carbonyl (C=O) groups excluding carboxylic acids is 1. The molecule has 1 saturated heterocycles. The Hall–Kier alpha value is -2.81. The Morgan fingerprint density at radius 1 is 1.20 bits per heavy atom. The molecule has 1 fully saturated rings. The Labute approximate surface area is 144 Å². The summed E-state index contributed by atoms with van der Waals surface area (Å²) in [7, 11) is 0. The monoisotopic (exact) mass is 345 g/mol. The Morgan fingerprint density at radius 2 is 1.84 bits per heavy atom. The molecule has 0 aliphatic carbocycles. The van der Waals surface area contributed by atoms with Crippen LogP contribution in [0.4, 0.5) is 5.69 Å². The SMILES string of the molecule is CC(=O)N1CCN(C(C)c2nnc(-c3ccc([N+](=O)[O-])cc3)o2)CC1. The molecule has 3 rings (SSSR count). The fourth-order valence-electron chi connectivity index (χ4n) is 2.83. The lowest BCUT2D eigenvalue weighted by molar-refractivity contribution is -0.384. The topological polar surface area (TPSA) is 106 Å². The van der Waals surface area contributed by atoms with Crippen LogP contribution in [0.25, 0.3) is 11.5 Å². The van der Waals surface area contributed by atoms with Crippen molar-refractivity contribution in [3.8, 4) is 11.5 Å². The summed E-state index contributed by atoms with van der Waals surface area (Å²) < 4.78 is 5.75. The molecule has 1 aliphatic rings. The lowest BCUT2D eigenvalue weighted by Crippen LogP contribution is -2.48. The molecule has 0 bridgehead atoms. The molecule has 1 aromatic heterocycles. The van der Waals surface area contributed by atoms with Crippen LogP contribution in [0.3, 0.4) is 0 Å². The van der Waals surface area contributed by atoms with Crippen LogP contribution >= 0.6 is 0 Å². The van der Waals surface area contributed by atoms with Crippen molar-refractivity contribution in [3.63, 3.8) is 0 Å². The summed E-state index contributed by atoms with van der Waals surface area (Å²) in [5, 5.41) is 18.9. The number of carbonyl (C=O) groups is 1. The van der Waals surface area contributed by atoms with Gasteiger partial charge in [-0.25, -0.2) is 0 Å². The lowest BCUT2D eigenvalue weighted by Gasteiger charge is -2.36. The smallest absolute Gasteiger partial charge is 0.269 e. The van der Waals surface area contributed by atoms with Gasteiger partial charge in [-0.2, -0.15) is 0 Å². The highest BCUT2D eigenvalue weighted by Crippen LogP contribution is 2.26. The number of rotatable bonds is 4. The molecule has 9 heteroatoms. The van der Waals surface area contributed by atoms with Crippen molar-refractivity contribution in [2.24, 2.45) is 0 Å². The Morgan fingerprint density at radius 3 is 2.40 bits per heavy atom. The summed E-state index contributed by atoms with van der Waals surface area (Å²) in [6, 6.07) is 5.93. The minimum Gasteiger partial charge on any atom is -0.419 e. The first-order chi connectivity index (χ1) is 12.0. The molecular formula is C16H19N5O4. The van der Waals surface area contributed by atoms with E-state index in [1.807, 2.05) is 11.8 Å². The highest BCUT2D eigenvalue weighted by molar-refractivity contribution is 5.73. The number of nitrogens with zero attached hydrogens (tertiary/aromatic N) is 5. The number of hydrogen-bond donors (Lipinski definition) is 0. The van der Waals surface area contributed by atoms with E-state index in [1.165, 1.54) is 12.1 Å². The molecule has 132 valence electrons. The van der Waals surface area contributed by atoms with Gasteiger partial charge in [-0.05, 0) is 19.1 Å². The van der Waals surface area contributed by atoms with Gasteiger partial charge in [0.1, 0.15) is 0 Å². The van der Waals surface area contributed by atoms with Crippen molar-refractivity contribution >= 4 is 11.6 Å². The molecule has 2 aromatic rings. The third-order valence-corrected chi connectivity index (χ3v) is 4.43. The maximum absolute atomic E-state index is 11.4. The maximum Gasteiger partial charge on any atom is 0.269 e. The standard InChI is InChI=1S/C16H19N5O4/c1-11(19-7-9-20(10-8-19)12(2)22)15-17-18-16(25-15)13-3-5-14(6-4-13)21(23)24/h3-6,11H,7-10H2,1-2H3. The molecule has 0 radical (unpaired) electrons. The molecule has 1 unspecified atom stereocenters. The number of hydrogen-bond acceptors (Lipinski definition) is 7. The quantitative estimate of drug-likeness (QED) is 0.615. The van der Waals surface area contributed by atoms with Gasteiger partial charge in [0.25, 0.3) is 5.69 Å². The normalized spacial score (nSPS) is 16.6. The zero-order chi connectivity index (χ0) is 18.0. The zero-order valence-corrected chi connectivity index (χ0v) is 14.1. The van der Waals surface area contributed by atoms with Crippen LogP contribution in [0.2, 0.25) is 0 Å². The van der Waals surface area contributed by atoms with E-state index in [1.54, 1.807) is 19.1 Å². The second-order valence-corrected chi connectivity index (χ2v) is 5.97. The van der Waals surface area contributed by atoms with Crippen LogP contribution in [0.15, 0.2) is 28.7 Å².